The van der Waals surface area contributed by atoms with Crippen molar-refractivity contribution in [3.8, 4) is 33.4 Å². The highest BCUT2D eigenvalue weighted by Crippen LogP contribution is 2.47. The van der Waals surface area contributed by atoms with Crippen molar-refractivity contribution >= 4 is 54.3 Å². The Kier molecular flexibility index (Phi) is 2.70. The van der Waals surface area contributed by atoms with E-state index in [9.17, 15) is 6.85 Å². The molecule has 0 spiro atoms. The highest BCUT2D eigenvalue weighted by atomic mass is 16.3. The van der Waals surface area contributed by atoms with Crippen LogP contribution in [0, 0.1) is 0 Å². The van der Waals surface area contributed by atoms with E-state index in [0.29, 0.717) is 21.5 Å². The van der Waals surface area contributed by atoms with E-state index in [1.807, 2.05) is 0 Å². The molecule has 0 radical (unpaired) electrons. The van der Waals surface area contributed by atoms with Crippen molar-refractivity contribution in [2.45, 2.75) is 0 Å². The zero-order valence-electron chi connectivity index (χ0n) is 40.0. The molecule has 9 rings (SSSR count). The average molecular weight is 565 g/mol. The first-order chi connectivity index (χ1) is 28.8. The van der Waals surface area contributed by atoms with Crippen LogP contribution < -0.4 is 0 Å². The third-order valence-electron chi connectivity index (χ3n) is 7.50. The monoisotopic (exact) mass is 564 g/mol. The molecule has 0 saturated carbocycles. The zero-order valence-corrected chi connectivity index (χ0v) is 22.0. The number of benzene rings is 8. The molecule has 1 heterocycles. The molecule has 0 unspecified atom stereocenters. The van der Waals surface area contributed by atoms with Crippen LogP contribution >= 0.6 is 0 Å². The smallest absolute Gasteiger partial charge is 0.135 e. The molecule has 43 heavy (non-hydrogen) atoms. The van der Waals surface area contributed by atoms with E-state index in [2.05, 4.69) is 0 Å². The highest BCUT2D eigenvalue weighted by Gasteiger charge is 2.19. The van der Waals surface area contributed by atoms with Gasteiger partial charge in [0.15, 0.2) is 0 Å². The van der Waals surface area contributed by atoms with Crippen molar-refractivity contribution in [3.63, 3.8) is 0 Å². The molecule has 0 amide bonds. The van der Waals surface area contributed by atoms with E-state index in [-0.39, 0.29) is 61.0 Å². The van der Waals surface area contributed by atoms with Gasteiger partial charge in [-0.05, 0) is 95.9 Å². The molecule has 0 aliphatic heterocycles. The van der Waals surface area contributed by atoms with E-state index in [1.54, 1.807) is 48.5 Å². The van der Waals surface area contributed by atoms with Crippen molar-refractivity contribution in [2.24, 2.45) is 0 Å². The number of rotatable bonds is 3. The van der Waals surface area contributed by atoms with Crippen LogP contribution in [0.3, 0.4) is 0 Å². The van der Waals surface area contributed by atoms with E-state index in [0.717, 1.165) is 0 Å². The van der Waals surface area contributed by atoms with Gasteiger partial charge in [0, 0.05) is 10.8 Å². The summed E-state index contributed by atoms with van der Waals surface area (Å²) in [7, 11) is 0. The molecule has 0 saturated heterocycles. The van der Waals surface area contributed by atoms with E-state index in [4.69, 9.17) is 22.2 Å². The number of fused-ring (bicyclic) bond motifs is 6. The van der Waals surface area contributed by atoms with Crippen LogP contribution in [-0.4, -0.2) is 0 Å². The summed E-state index contributed by atoms with van der Waals surface area (Å²) in [6.45, 7) is 0. The van der Waals surface area contributed by atoms with Crippen LogP contribution in [0.15, 0.2) is 162 Å². The molecule has 1 nitrogen and oxygen atoms in total. The fourth-order valence-corrected chi connectivity index (χ4v) is 5.72. The fraction of sp³-hybridized carbons (Fsp3) is 0. The molecule has 9 aromatic rings. The minimum Gasteiger partial charge on any atom is -0.456 e. The molecule has 0 N–H and O–H groups in total. The summed E-state index contributed by atoms with van der Waals surface area (Å²) < 4.78 is 165. The lowest BCUT2D eigenvalue weighted by Crippen LogP contribution is -1.92. The SMILES string of the molecule is [2H]c1c([2H])c([2H])c(-c2c([2H])c(-c3c4ccccc4c(-c4c([2H])c([2H])c5oc6c([2H])c([2H])c([2H])c([2H])c6c5c4[2H])c4ccccc34)c3c([2H])c([2H])c([2H])c([2H])c3c2[2H])c([2H])c1[2H]. The predicted octanol–water partition coefficient (Wildman–Crippen LogP) is 12.0. The third kappa shape index (κ3) is 3.72. The molecule has 1 aromatic heterocycles. The maximum absolute atomic E-state index is 9.84. The van der Waals surface area contributed by atoms with Gasteiger partial charge >= 0.3 is 0 Å². The first-order valence-electron chi connectivity index (χ1n) is 22.3. The Morgan fingerprint density at radius 2 is 1.00 bits per heavy atom. The van der Waals surface area contributed by atoms with Gasteiger partial charge in [0.2, 0.25) is 0 Å². The molecule has 0 bridgehead atoms. The van der Waals surface area contributed by atoms with Crippen LogP contribution in [-0.2, 0) is 0 Å². The van der Waals surface area contributed by atoms with Crippen molar-refractivity contribution in [2.75, 3.05) is 0 Å². The van der Waals surface area contributed by atoms with Gasteiger partial charge in [-0.3, -0.25) is 0 Å². The summed E-state index contributed by atoms with van der Waals surface area (Å²) >= 11 is 0. The molecule has 0 fully saturated rings. The third-order valence-corrected chi connectivity index (χ3v) is 7.50. The quantitative estimate of drug-likeness (QED) is 0.195. The second-order valence-electron chi connectivity index (χ2n) is 9.85. The van der Waals surface area contributed by atoms with Crippen LogP contribution in [0.5, 0.6) is 0 Å². The Morgan fingerprint density at radius 1 is 0.395 bits per heavy atom. The van der Waals surface area contributed by atoms with Crippen molar-refractivity contribution < 1.29 is 29.1 Å². The summed E-state index contributed by atoms with van der Waals surface area (Å²) in [6, 6.07) is 2.26. The standard InChI is InChI=1S/C42H26O/c1-2-12-27(13-3-1)30-24-28-14-4-5-15-31(28)38(26-30)42-35-19-8-6-17-33(35)41(34-18-7-9-20-36(34)42)29-22-23-40-37(25-29)32-16-10-11-21-39(32)43-40/h1-26H/i1D,2D,3D,4D,5D,10D,11D,12D,13D,14D,15D,16D,21D,22D,23D,24D,25D,26D. The number of para-hydroxylation sites is 1. The van der Waals surface area contributed by atoms with Crippen molar-refractivity contribution in [1.82, 2.24) is 0 Å². The Bertz CT molecular complexity index is 3430. The summed E-state index contributed by atoms with van der Waals surface area (Å²) in [4.78, 5) is 0. The second-order valence-corrected chi connectivity index (χ2v) is 9.85. The van der Waals surface area contributed by atoms with Crippen LogP contribution in [0.2, 0.25) is 0 Å². The Morgan fingerprint density at radius 3 is 1.74 bits per heavy atom. The maximum atomic E-state index is 9.84. The van der Waals surface area contributed by atoms with Crippen LogP contribution in [0.25, 0.3) is 87.6 Å². The summed E-state index contributed by atoms with van der Waals surface area (Å²) in [6.07, 6.45) is 0. The Hall–Kier alpha value is -5.66. The average Bonchev–Trinajstić information content (AvgIpc) is 3.66. The molecule has 200 valence electrons. The molecular weight excluding hydrogens is 520 g/mol. The number of furan rings is 1. The van der Waals surface area contributed by atoms with Crippen LogP contribution in [0.4, 0.5) is 0 Å². The zero-order chi connectivity index (χ0) is 44.0. The van der Waals surface area contributed by atoms with Gasteiger partial charge in [-0.2, -0.15) is 0 Å². The van der Waals surface area contributed by atoms with Gasteiger partial charge in [-0.25, -0.2) is 0 Å². The summed E-state index contributed by atoms with van der Waals surface area (Å²) in [5.74, 6) is 0. The largest absolute Gasteiger partial charge is 0.456 e. The Balaban J connectivity index is 1.53. The fourth-order valence-electron chi connectivity index (χ4n) is 5.72. The summed E-state index contributed by atoms with van der Waals surface area (Å²) in [5, 5.41) is 0.440. The van der Waals surface area contributed by atoms with E-state index in [1.165, 1.54) is 0 Å². The first-order valence-corrected chi connectivity index (χ1v) is 13.3. The van der Waals surface area contributed by atoms with E-state index < -0.39 is 114 Å². The molecule has 0 aliphatic carbocycles. The first kappa shape index (κ1) is 12.3. The second kappa shape index (κ2) is 9.44. The van der Waals surface area contributed by atoms with Gasteiger partial charge in [-0.15, -0.1) is 0 Å². The lowest BCUT2D eigenvalue weighted by Gasteiger charge is -2.19. The Labute approximate surface area is 274 Å². The van der Waals surface area contributed by atoms with Gasteiger partial charge < -0.3 is 4.42 Å². The van der Waals surface area contributed by atoms with Crippen molar-refractivity contribution in [1.29, 1.82) is 0 Å². The number of hydrogen-bond donors (Lipinski definition) is 0. The van der Waals surface area contributed by atoms with Gasteiger partial charge in [0.05, 0.1) is 24.7 Å². The minimum absolute atomic E-state index is 0.0919. The molecule has 8 aromatic carbocycles. The summed E-state index contributed by atoms with van der Waals surface area (Å²) in [5.41, 5.74) is -1.34. The predicted molar refractivity (Wildman–Crippen MR) is 183 cm³/mol. The highest BCUT2D eigenvalue weighted by molar-refractivity contribution is 6.24. The van der Waals surface area contributed by atoms with Gasteiger partial charge in [0.1, 0.15) is 11.2 Å². The molecule has 1 heteroatoms. The van der Waals surface area contributed by atoms with Crippen LogP contribution in [0.1, 0.15) is 24.7 Å². The minimum atomic E-state index is -0.740. The molecular formula is C42H26O. The molecule has 0 aliphatic rings. The van der Waals surface area contributed by atoms with Gasteiger partial charge in [0.25, 0.3) is 0 Å². The normalized spacial score (nSPS) is 17.6. The maximum Gasteiger partial charge on any atom is 0.135 e. The lowest BCUT2D eigenvalue weighted by atomic mass is 9.83. The van der Waals surface area contributed by atoms with Crippen molar-refractivity contribution in [3.05, 3.63) is 157 Å². The molecule has 0 atom stereocenters. The van der Waals surface area contributed by atoms with Gasteiger partial charge in [-0.1, -0.05) is 127 Å². The number of hydrogen-bond acceptors (Lipinski definition) is 1. The lowest BCUT2D eigenvalue weighted by molar-refractivity contribution is 0.669. The van der Waals surface area contributed by atoms with E-state index >= 15 is 0 Å². The topological polar surface area (TPSA) is 13.1 Å².